The minimum atomic E-state index is -0.476. The molecular formula is C15H11FN2O2. The van der Waals surface area contributed by atoms with E-state index in [1.165, 1.54) is 19.2 Å². The standard InChI is InChI=1S/C15H11FN2O2/c1-20-15(19)10-3-2-4-13(8-10)18-14-6-5-12(16)7-11(14)9-17/h2-8,18H,1H3. The van der Waals surface area contributed by atoms with E-state index in [1.54, 1.807) is 24.3 Å². The molecule has 0 saturated carbocycles. The maximum Gasteiger partial charge on any atom is 0.337 e. The van der Waals surface area contributed by atoms with Crippen LogP contribution >= 0.6 is 0 Å². The lowest BCUT2D eigenvalue weighted by Crippen LogP contribution is -2.02. The fourth-order valence-electron chi connectivity index (χ4n) is 1.72. The summed E-state index contributed by atoms with van der Waals surface area (Å²) < 4.78 is 17.7. The number of hydrogen-bond donors (Lipinski definition) is 1. The monoisotopic (exact) mass is 270 g/mol. The minimum Gasteiger partial charge on any atom is -0.465 e. The Morgan fingerprint density at radius 3 is 2.80 bits per heavy atom. The van der Waals surface area contributed by atoms with Gasteiger partial charge in [-0.2, -0.15) is 5.26 Å². The van der Waals surface area contributed by atoms with Gasteiger partial charge in [0.1, 0.15) is 11.9 Å². The minimum absolute atomic E-state index is 0.188. The molecule has 100 valence electrons. The number of halogens is 1. The number of benzene rings is 2. The Hall–Kier alpha value is -2.87. The smallest absolute Gasteiger partial charge is 0.337 e. The second-order valence-corrected chi connectivity index (χ2v) is 4.00. The third-order valence-corrected chi connectivity index (χ3v) is 2.66. The van der Waals surface area contributed by atoms with Crippen molar-refractivity contribution in [3.63, 3.8) is 0 Å². The summed E-state index contributed by atoms with van der Waals surface area (Å²) in [6.07, 6.45) is 0. The second kappa shape index (κ2) is 5.85. The quantitative estimate of drug-likeness (QED) is 0.870. The van der Waals surface area contributed by atoms with Crippen molar-refractivity contribution in [3.05, 3.63) is 59.4 Å². The van der Waals surface area contributed by atoms with Gasteiger partial charge in [-0.3, -0.25) is 0 Å². The third kappa shape index (κ3) is 2.93. The number of ether oxygens (including phenoxy) is 1. The van der Waals surface area contributed by atoms with E-state index >= 15 is 0 Å². The van der Waals surface area contributed by atoms with Gasteiger partial charge in [0.05, 0.1) is 23.9 Å². The summed E-state index contributed by atoms with van der Waals surface area (Å²) in [5, 5.41) is 11.9. The number of nitrogens with one attached hydrogen (secondary N) is 1. The Labute approximate surface area is 115 Å². The van der Waals surface area contributed by atoms with E-state index in [1.807, 2.05) is 6.07 Å². The molecule has 20 heavy (non-hydrogen) atoms. The number of esters is 1. The summed E-state index contributed by atoms with van der Waals surface area (Å²) >= 11 is 0. The Morgan fingerprint density at radius 1 is 1.30 bits per heavy atom. The van der Waals surface area contributed by atoms with Crippen molar-refractivity contribution >= 4 is 17.3 Å². The average molecular weight is 270 g/mol. The van der Waals surface area contributed by atoms with Gasteiger partial charge in [-0.05, 0) is 36.4 Å². The molecule has 0 bridgehead atoms. The van der Waals surface area contributed by atoms with Crippen LogP contribution in [0.2, 0.25) is 0 Å². The molecule has 0 atom stereocenters. The van der Waals surface area contributed by atoms with Crippen molar-refractivity contribution in [3.8, 4) is 6.07 Å². The maximum absolute atomic E-state index is 13.0. The number of carbonyl (C=O) groups excluding carboxylic acids is 1. The number of nitrogens with zero attached hydrogens (tertiary/aromatic N) is 1. The number of rotatable bonds is 3. The molecule has 2 aromatic rings. The van der Waals surface area contributed by atoms with Gasteiger partial charge in [0, 0.05) is 5.69 Å². The summed E-state index contributed by atoms with van der Waals surface area (Å²) in [7, 11) is 1.30. The van der Waals surface area contributed by atoms with E-state index in [-0.39, 0.29) is 5.56 Å². The van der Waals surface area contributed by atoms with Crippen LogP contribution in [0.3, 0.4) is 0 Å². The van der Waals surface area contributed by atoms with Crippen LogP contribution in [0, 0.1) is 17.1 Å². The average Bonchev–Trinajstić information content (AvgIpc) is 2.48. The molecule has 1 N–H and O–H groups in total. The van der Waals surface area contributed by atoms with E-state index in [4.69, 9.17) is 5.26 Å². The highest BCUT2D eigenvalue weighted by atomic mass is 19.1. The highest BCUT2D eigenvalue weighted by Crippen LogP contribution is 2.22. The molecule has 0 spiro atoms. The number of hydrogen-bond acceptors (Lipinski definition) is 4. The summed E-state index contributed by atoms with van der Waals surface area (Å²) in [5.41, 5.74) is 1.65. The highest BCUT2D eigenvalue weighted by molar-refractivity contribution is 5.90. The maximum atomic E-state index is 13.0. The van der Waals surface area contributed by atoms with Crippen molar-refractivity contribution < 1.29 is 13.9 Å². The largest absolute Gasteiger partial charge is 0.465 e. The molecule has 0 aliphatic rings. The van der Waals surface area contributed by atoms with Gasteiger partial charge in [0.2, 0.25) is 0 Å². The first-order chi connectivity index (χ1) is 9.63. The Bertz CT molecular complexity index is 693. The SMILES string of the molecule is COC(=O)c1cccc(Nc2ccc(F)cc2C#N)c1. The van der Waals surface area contributed by atoms with E-state index in [0.29, 0.717) is 16.9 Å². The molecule has 5 heteroatoms. The van der Waals surface area contributed by atoms with E-state index in [0.717, 1.165) is 6.07 Å². The number of nitriles is 1. The lowest BCUT2D eigenvalue weighted by atomic mass is 10.1. The van der Waals surface area contributed by atoms with Crippen LogP contribution in [-0.2, 0) is 4.74 Å². The first kappa shape index (κ1) is 13.6. The van der Waals surface area contributed by atoms with E-state index in [2.05, 4.69) is 10.1 Å². The third-order valence-electron chi connectivity index (χ3n) is 2.66. The summed E-state index contributed by atoms with van der Waals surface area (Å²) in [6, 6.07) is 12.4. The van der Waals surface area contributed by atoms with Crippen LogP contribution in [0.25, 0.3) is 0 Å². The molecule has 0 fully saturated rings. The molecule has 0 radical (unpaired) electrons. The first-order valence-corrected chi connectivity index (χ1v) is 5.79. The molecule has 0 heterocycles. The Morgan fingerprint density at radius 2 is 2.10 bits per heavy atom. The molecule has 0 aliphatic carbocycles. The zero-order valence-electron chi connectivity index (χ0n) is 10.7. The predicted octanol–water partition coefficient (Wildman–Crippen LogP) is 3.23. The number of anilines is 2. The zero-order valence-corrected chi connectivity index (χ0v) is 10.7. The number of carbonyl (C=O) groups is 1. The molecule has 0 aliphatic heterocycles. The van der Waals surface area contributed by atoms with Gasteiger partial charge >= 0.3 is 5.97 Å². The van der Waals surface area contributed by atoms with Crippen LogP contribution in [0.4, 0.5) is 15.8 Å². The fourth-order valence-corrected chi connectivity index (χ4v) is 1.72. The molecule has 0 amide bonds. The Balaban J connectivity index is 2.31. The molecule has 0 aromatic heterocycles. The van der Waals surface area contributed by atoms with Gasteiger partial charge in [-0.25, -0.2) is 9.18 Å². The van der Waals surface area contributed by atoms with Crippen molar-refractivity contribution in [1.82, 2.24) is 0 Å². The highest BCUT2D eigenvalue weighted by Gasteiger charge is 2.08. The molecular weight excluding hydrogens is 259 g/mol. The van der Waals surface area contributed by atoms with Crippen molar-refractivity contribution in [2.45, 2.75) is 0 Å². The van der Waals surface area contributed by atoms with Crippen LogP contribution < -0.4 is 5.32 Å². The van der Waals surface area contributed by atoms with Gasteiger partial charge in [0.25, 0.3) is 0 Å². The van der Waals surface area contributed by atoms with E-state index in [9.17, 15) is 9.18 Å². The lowest BCUT2D eigenvalue weighted by molar-refractivity contribution is 0.0601. The molecule has 4 nitrogen and oxygen atoms in total. The van der Waals surface area contributed by atoms with Gasteiger partial charge in [-0.1, -0.05) is 6.07 Å². The summed E-state index contributed by atoms with van der Waals surface area (Å²) in [6.45, 7) is 0. The second-order valence-electron chi connectivity index (χ2n) is 4.00. The van der Waals surface area contributed by atoms with Gasteiger partial charge in [-0.15, -0.1) is 0 Å². The molecule has 0 saturated heterocycles. The van der Waals surface area contributed by atoms with Crippen LogP contribution in [-0.4, -0.2) is 13.1 Å². The lowest BCUT2D eigenvalue weighted by Gasteiger charge is -2.09. The normalized spacial score (nSPS) is 9.65. The summed E-state index contributed by atoms with van der Waals surface area (Å²) in [4.78, 5) is 11.4. The topological polar surface area (TPSA) is 62.1 Å². The Kier molecular flexibility index (Phi) is 3.96. The van der Waals surface area contributed by atoms with Crippen molar-refractivity contribution in [1.29, 1.82) is 5.26 Å². The fraction of sp³-hybridized carbons (Fsp3) is 0.0667. The first-order valence-electron chi connectivity index (χ1n) is 5.79. The molecule has 2 aromatic carbocycles. The van der Waals surface area contributed by atoms with Crippen molar-refractivity contribution in [2.24, 2.45) is 0 Å². The van der Waals surface area contributed by atoms with Crippen molar-refractivity contribution in [2.75, 3.05) is 12.4 Å². The van der Waals surface area contributed by atoms with Crippen LogP contribution in [0.1, 0.15) is 15.9 Å². The van der Waals surface area contributed by atoms with Gasteiger partial charge < -0.3 is 10.1 Å². The summed E-state index contributed by atoms with van der Waals surface area (Å²) in [5.74, 6) is -0.927. The molecule has 0 unspecified atom stereocenters. The van der Waals surface area contributed by atoms with E-state index < -0.39 is 11.8 Å². The van der Waals surface area contributed by atoms with Crippen LogP contribution in [0.15, 0.2) is 42.5 Å². The zero-order chi connectivity index (χ0) is 14.5. The van der Waals surface area contributed by atoms with Crippen LogP contribution in [0.5, 0.6) is 0 Å². The van der Waals surface area contributed by atoms with Gasteiger partial charge in [0.15, 0.2) is 0 Å². The molecule has 2 rings (SSSR count). The predicted molar refractivity (Wildman–Crippen MR) is 72.2 cm³/mol. The number of methoxy groups -OCH3 is 1.